The number of pyridine rings is 1. The molecule has 0 fully saturated rings. The summed E-state index contributed by atoms with van der Waals surface area (Å²) in [5.41, 5.74) is 6.20. The van der Waals surface area contributed by atoms with Crippen molar-refractivity contribution >= 4 is 33.3 Å². The SMILES string of the molecule is Clc1cccc(-c2nc3ccc4ccccc4c3c3c2CCC3)c1. The van der Waals surface area contributed by atoms with Crippen LogP contribution in [0.15, 0.2) is 60.7 Å². The Bertz CT molecular complexity index is 1100. The Morgan fingerprint density at radius 2 is 1.71 bits per heavy atom. The quantitative estimate of drug-likeness (QED) is 0.379. The van der Waals surface area contributed by atoms with Crippen LogP contribution in [0.1, 0.15) is 17.5 Å². The van der Waals surface area contributed by atoms with E-state index in [2.05, 4.69) is 42.5 Å². The van der Waals surface area contributed by atoms with Crippen molar-refractivity contribution in [3.8, 4) is 11.3 Å². The number of fused-ring (bicyclic) bond motifs is 5. The van der Waals surface area contributed by atoms with E-state index in [4.69, 9.17) is 16.6 Å². The van der Waals surface area contributed by atoms with Crippen LogP contribution in [0.2, 0.25) is 5.02 Å². The van der Waals surface area contributed by atoms with Gasteiger partial charge in [0.2, 0.25) is 0 Å². The van der Waals surface area contributed by atoms with E-state index in [0.717, 1.165) is 34.6 Å². The van der Waals surface area contributed by atoms with Gasteiger partial charge >= 0.3 is 0 Å². The first-order valence-corrected chi connectivity index (χ1v) is 8.78. The molecule has 5 rings (SSSR count). The van der Waals surface area contributed by atoms with Crippen LogP contribution in [0.5, 0.6) is 0 Å². The van der Waals surface area contributed by atoms with E-state index in [1.807, 2.05) is 18.2 Å². The highest BCUT2D eigenvalue weighted by Crippen LogP contribution is 2.39. The highest BCUT2D eigenvalue weighted by Gasteiger charge is 2.21. The second-order valence-electron chi connectivity index (χ2n) is 6.46. The number of nitrogens with zero attached hydrogens (tertiary/aromatic N) is 1. The predicted octanol–water partition coefficient (Wildman–Crippen LogP) is 6.20. The average Bonchev–Trinajstić information content (AvgIpc) is 3.10. The van der Waals surface area contributed by atoms with E-state index in [-0.39, 0.29) is 0 Å². The molecule has 0 aliphatic heterocycles. The van der Waals surface area contributed by atoms with Crippen LogP contribution in [-0.2, 0) is 12.8 Å². The molecule has 0 saturated carbocycles. The molecule has 0 atom stereocenters. The topological polar surface area (TPSA) is 12.9 Å². The molecule has 1 aromatic heterocycles. The first-order valence-electron chi connectivity index (χ1n) is 8.40. The Morgan fingerprint density at radius 1 is 0.833 bits per heavy atom. The Labute approximate surface area is 145 Å². The van der Waals surface area contributed by atoms with E-state index in [1.54, 1.807) is 0 Å². The fourth-order valence-electron chi connectivity index (χ4n) is 4.01. The van der Waals surface area contributed by atoms with Gasteiger partial charge in [0, 0.05) is 16.0 Å². The lowest BCUT2D eigenvalue weighted by molar-refractivity contribution is 0.913. The number of hydrogen-bond donors (Lipinski definition) is 0. The molecule has 0 radical (unpaired) electrons. The molecule has 116 valence electrons. The maximum atomic E-state index is 6.21. The summed E-state index contributed by atoms with van der Waals surface area (Å²) in [6, 6.07) is 21.0. The van der Waals surface area contributed by atoms with Crippen molar-refractivity contribution in [2.45, 2.75) is 19.3 Å². The maximum Gasteiger partial charge on any atom is 0.0744 e. The van der Waals surface area contributed by atoms with Crippen molar-refractivity contribution in [2.75, 3.05) is 0 Å². The van der Waals surface area contributed by atoms with Crippen molar-refractivity contribution in [2.24, 2.45) is 0 Å². The van der Waals surface area contributed by atoms with Gasteiger partial charge in [-0.2, -0.15) is 0 Å². The number of halogens is 1. The fraction of sp³-hybridized carbons (Fsp3) is 0.136. The molecule has 0 saturated heterocycles. The minimum atomic E-state index is 0.764. The Balaban J connectivity index is 1.90. The molecule has 1 heterocycles. The zero-order valence-corrected chi connectivity index (χ0v) is 14.0. The van der Waals surface area contributed by atoms with Crippen LogP contribution in [0.4, 0.5) is 0 Å². The molecule has 1 nitrogen and oxygen atoms in total. The molecule has 0 amide bonds. The molecule has 0 bridgehead atoms. The Hall–Kier alpha value is -2.38. The van der Waals surface area contributed by atoms with Crippen molar-refractivity contribution < 1.29 is 0 Å². The maximum absolute atomic E-state index is 6.21. The van der Waals surface area contributed by atoms with Crippen LogP contribution >= 0.6 is 11.6 Å². The van der Waals surface area contributed by atoms with E-state index in [9.17, 15) is 0 Å². The number of rotatable bonds is 1. The van der Waals surface area contributed by atoms with Gasteiger partial charge in [0.05, 0.1) is 11.2 Å². The van der Waals surface area contributed by atoms with Crippen LogP contribution in [0.25, 0.3) is 32.9 Å². The zero-order chi connectivity index (χ0) is 16.1. The zero-order valence-electron chi connectivity index (χ0n) is 13.2. The number of aromatic nitrogens is 1. The lowest BCUT2D eigenvalue weighted by Crippen LogP contribution is -1.96. The molecular weight excluding hydrogens is 314 g/mol. The van der Waals surface area contributed by atoms with E-state index >= 15 is 0 Å². The van der Waals surface area contributed by atoms with Crippen LogP contribution in [-0.4, -0.2) is 4.98 Å². The first kappa shape index (κ1) is 14.0. The molecule has 0 N–H and O–H groups in total. The second kappa shape index (κ2) is 5.32. The molecule has 24 heavy (non-hydrogen) atoms. The van der Waals surface area contributed by atoms with Gasteiger partial charge in [-0.25, -0.2) is 4.98 Å². The molecule has 3 aromatic carbocycles. The summed E-state index contributed by atoms with van der Waals surface area (Å²) in [6.07, 6.45) is 3.44. The standard InChI is InChI=1S/C22H16ClN/c23-16-7-3-6-15(13-16)22-19-10-4-9-18(19)21-17-8-2-1-5-14(17)11-12-20(21)24-22/h1-3,5-8,11-13H,4,9-10H2. The summed E-state index contributed by atoms with van der Waals surface area (Å²) in [6.45, 7) is 0. The Morgan fingerprint density at radius 3 is 2.62 bits per heavy atom. The van der Waals surface area contributed by atoms with Gasteiger partial charge in [-0.15, -0.1) is 0 Å². The largest absolute Gasteiger partial charge is 0.247 e. The second-order valence-corrected chi connectivity index (χ2v) is 6.90. The summed E-state index contributed by atoms with van der Waals surface area (Å²) in [4.78, 5) is 5.05. The lowest BCUT2D eigenvalue weighted by Gasteiger charge is -2.14. The minimum Gasteiger partial charge on any atom is -0.247 e. The highest BCUT2D eigenvalue weighted by molar-refractivity contribution is 6.30. The van der Waals surface area contributed by atoms with Crippen molar-refractivity contribution in [3.63, 3.8) is 0 Å². The van der Waals surface area contributed by atoms with E-state index in [1.165, 1.54) is 33.7 Å². The number of benzene rings is 3. The fourth-order valence-corrected chi connectivity index (χ4v) is 4.20. The first-order chi connectivity index (χ1) is 11.8. The summed E-state index contributed by atoms with van der Waals surface area (Å²) in [5.74, 6) is 0. The third-order valence-electron chi connectivity index (χ3n) is 5.04. The summed E-state index contributed by atoms with van der Waals surface area (Å²) >= 11 is 6.21. The van der Waals surface area contributed by atoms with Crippen LogP contribution in [0, 0.1) is 0 Å². The minimum absolute atomic E-state index is 0.764. The third-order valence-corrected chi connectivity index (χ3v) is 5.28. The monoisotopic (exact) mass is 329 g/mol. The van der Waals surface area contributed by atoms with E-state index < -0.39 is 0 Å². The van der Waals surface area contributed by atoms with Gasteiger partial charge in [-0.3, -0.25) is 0 Å². The number of hydrogen-bond acceptors (Lipinski definition) is 1. The summed E-state index contributed by atoms with van der Waals surface area (Å²) < 4.78 is 0. The molecule has 1 aliphatic rings. The van der Waals surface area contributed by atoms with Crippen molar-refractivity contribution in [1.82, 2.24) is 4.98 Å². The molecular formula is C22H16ClN. The van der Waals surface area contributed by atoms with Gasteiger partial charge in [-0.1, -0.05) is 54.1 Å². The molecule has 0 unspecified atom stereocenters. The van der Waals surface area contributed by atoms with Crippen molar-refractivity contribution in [1.29, 1.82) is 0 Å². The van der Waals surface area contributed by atoms with Gasteiger partial charge in [0.25, 0.3) is 0 Å². The molecule has 0 spiro atoms. The highest BCUT2D eigenvalue weighted by atomic mass is 35.5. The smallest absolute Gasteiger partial charge is 0.0744 e. The van der Waals surface area contributed by atoms with Gasteiger partial charge in [-0.05, 0) is 59.4 Å². The predicted molar refractivity (Wildman–Crippen MR) is 102 cm³/mol. The molecule has 4 aromatic rings. The van der Waals surface area contributed by atoms with Gasteiger partial charge in [0.1, 0.15) is 0 Å². The third kappa shape index (κ3) is 2.05. The lowest BCUT2D eigenvalue weighted by atomic mass is 9.95. The van der Waals surface area contributed by atoms with E-state index in [0.29, 0.717) is 0 Å². The van der Waals surface area contributed by atoms with Gasteiger partial charge in [0.15, 0.2) is 0 Å². The van der Waals surface area contributed by atoms with Crippen molar-refractivity contribution in [3.05, 3.63) is 76.8 Å². The van der Waals surface area contributed by atoms with Crippen LogP contribution < -0.4 is 0 Å². The Kier molecular flexibility index (Phi) is 3.11. The molecule has 1 aliphatic carbocycles. The summed E-state index contributed by atoms with van der Waals surface area (Å²) in [7, 11) is 0. The van der Waals surface area contributed by atoms with Gasteiger partial charge < -0.3 is 0 Å². The average molecular weight is 330 g/mol. The molecule has 2 heteroatoms. The number of aryl methyl sites for hydroxylation is 1. The summed E-state index contributed by atoms with van der Waals surface area (Å²) in [5, 5.41) is 4.71. The normalized spacial score (nSPS) is 13.5. The van der Waals surface area contributed by atoms with Crippen LogP contribution in [0.3, 0.4) is 0 Å².